The second-order valence-corrected chi connectivity index (χ2v) is 5.25. The van der Waals surface area contributed by atoms with Crippen LogP contribution in [0.15, 0.2) is 41.1 Å². The van der Waals surface area contributed by atoms with Gasteiger partial charge in [-0.15, -0.1) is 0 Å². The maximum Gasteiger partial charge on any atom is 0.137 e. The molecule has 0 amide bonds. The molecule has 1 aromatic heterocycles. The highest BCUT2D eigenvalue weighted by atomic mass is 79.9. The first-order valence-electron chi connectivity index (χ1n) is 6.22. The molecule has 0 fully saturated rings. The largest absolute Gasteiger partial charge is 0.306 e. The van der Waals surface area contributed by atoms with E-state index in [0.717, 1.165) is 23.2 Å². The van der Waals surface area contributed by atoms with Gasteiger partial charge in [-0.2, -0.15) is 0 Å². The molecule has 100 valence electrons. The van der Waals surface area contributed by atoms with E-state index in [2.05, 4.69) is 26.2 Å². The first-order chi connectivity index (χ1) is 9.13. The SMILES string of the molecule is CCNC(c1ccc(Br)c(F)c1)c1cnccc1C. The van der Waals surface area contributed by atoms with Gasteiger partial charge in [0.25, 0.3) is 0 Å². The van der Waals surface area contributed by atoms with E-state index in [4.69, 9.17) is 0 Å². The van der Waals surface area contributed by atoms with Gasteiger partial charge in [0.05, 0.1) is 10.5 Å². The summed E-state index contributed by atoms with van der Waals surface area (Å²) in [4.78, 5) is 4.17. The molecule has 0 bridgehead atoms. The third-order valence-electron chi connectivity index (χ3n) is 3.08. The van der Waals surface area contributed by atoms with Gasteiger partial charge >= 0.3 is 0 Å². The van der Waals surface area contributed by atoms with E-state index < -0.39 is 0 Å². The van der Waals surface area contributed by atoms with Crippen LogP contribution in [0.5, 0.6) is 0 Å². The zero-order valence-corrected chi connectivity index (χ0v) is 12.5. The monoisotopic (exact) mass is 322 g/mol. The number of hydrogen-bond donors (Lipinski definition) is 1. The van der Waals surface area contributed by atoms with Crippen LogP contribution in [-0.2, 0) is 0 Å². The summed E-state index contributed by atoms with van der Waals surface area (Å²) in [5.74, 6) is -0.248. The molecule has 0 saturated carbocycles. The molecular formula is C15H16BrFN2. The van der Waals surface area contributed by atoms with Gasteiger partial charge in [-0.25, -0.2) is 4.39 Å². The van der Waals surface area contributed by atoms with Gasteiger partial charge in [-0.1, -0.05) is 13.0 Å². The fourth-order valence-electron chi connectivity index (χ4n) is 2.08. The molecule has 0 saturated heterocycles. The Balaban J connectivity index is 2.45. The van der Waals surface area contributed by atoms with Crippen LogP contribution in [0.25, 0.3) is 0 Å². The Morgan fingerprint density at radius 1 is 1.37 bits per heavy atom. The molecule has 1 unspecified atom stereocenters. The van der Waals surface area contributed by atoms with Crippen LogP contribution < -0.4 is 5.32 Å². The zero-order valence-electron chi connectivity index (χ0n) is 11.0. The Morgan fingerprint density at radius 3 is 2.79 bits per heavy atom. The third-order valence-corrected chi connectivity index (χ3v) is 3.72. The predicted octanol–water partition coefficient (Wildman–Crippen LogP) is 3.99. The standard InChI is InChI=1S/C15H16BrFN2/c1-3-19-15(12-9-18-7-6-10(12)2)11-4-5-13(16)14(17)8-11/h4-9,15,19H,3H2,1-2H3. The summed E-state index contributed by atoms with van der Waals surface area (Å²) in [5, 5.41) is 3.38. The summed E-state index contributed by atoms with van der Waals surface area (Å²) in [6, 6.07) is 7.15. The molecule has 1 aromatic carbocycles. The summed E-state index contributed by atoms with van der Waals surface area (Å²) in [6.45, 7) is 4.88. The Bertz CT molecular complexity index is 572. The van der Waals surface area contributed by atoms with E-state index in [1.165, 1.54) is 0 Å². The Kier molecular flexibility index (Phi) is 4.66. The summed E-state index contributed by atoms with van der Waals surface area (Å²) in [7, 11) is 0. The number of nitrogens with zero attached hydrogens (tertiary/aromatic N) is 1. The van der Waals surface area contributed by atoms with Crippen LogP contribution in [0.1, 0.15) is 29.7 Å². The lowest BCUT2D eigenvalue weighted by molar-refractivity contribution is 0.597. The van der Waals surface area contributed by atoms with E-state index >= 15 is 0 Å². The molecule has 4 heteroatoms. The third kappa shape index (κ3) is 3.19. The van der Waals surface area contributed by atoms with E-state index in [9.17, 15) is 4.39 Å². The van der Waals surface area contributed by atoms with Crippen LogP contribution in [0.3, 0.4) is 0 Å². The lowest BCUT2D eigenvalue weighted by Gasteiger charge is -2.20. The van der Waals surface area contributed by atoms with Crippen LogP contribution in [0.4, 0.5) is 4.39 Å². The van der Waals surface area contributed by atoms with E-state index in [0.29, 0.717) is 4.47 Å². The lowest BCUT2D eigenvalue weighted by Crippen LogP contribution is -2.23. The number of nitrogens with one attached hydrogen (secondary N) is 1. The maximum atomic E-state index is 13.7. The minimum atomic E-state index is -0.248. The first-order valence-corrected chi connectivity index (χ1v) is 7.01. The molecule has 19 heavy (non-hydrogen) atoms. The van der Waals surface area contributed by atoms with Crippen molar-refractivity contribution in [3.8, 4) is 0 Å². The van der Waals surface area contributed by atoms with Crippen molar-refractivity contribution in [1.29, 1.82) is 0 Å². The predicted molar refractivity (Wildman–Crippen MR) is 78.6 cm³/mol. The summed E-state index contributed by atoms with van der Waals surface area (Å²) in [5.41, 5.74) is 3.12. The van der Waals surface area contributed by atoms with Gasteiger partial charge in [0, 0.05) is 12.4 Å². The zero-order chi connectivity index (χ0) is 13.8. The minimum Gasteiger partial charge on any atom is -0.306 e. The molecule has 0 aliphatic carbocycles. The van der Waals surface area contributed by atoms with Gasteiger partial charge in [-0.3, -0.25) is 4.98 Å². The normalized spacial score (nSPS) is 12.4. The van der Waals surface area contributed by atoms with Crippen molar-refractivity contribution in [3.05, 3.63) is 63.6 Å². The topological polar surface area (TPSA) is 24.9 Å². The van der Waals surface area contributed by atoms with Crippen LogP contribution in [-0.4, -0.2) is 11.5 Å². The van der Waals surface area contributed by atoms with Crippen molar-refractivity contribution in [3.63, 3.8) is 0 Å². The van der Waals surface area contributed by atoms with Crippen LogP contribution >= 0.6 is 15.9 Å². The van der Waals surface area contributed by atoms with Gasteiger partial charge in [0.1, 0.15) is 5.82 Å². The highest BCUT2D eigenvalue weighted by Crippen LogP contribution is 2.27. The molecule has 2 nitrogen and oxygen atoms in total. The molecule has 0 spiro atoms. The summed E-state index contributed by atoms with van der Waals surface area (Å²) < 4.78 is 14.2. The fraction of sp³-hybridized carbons (Fsp3) is 0.267. The van der Waals surface area contributed by atoms with Crippen molar-refractivity contribution in [1.82, 2.24) is 10.3 Å². The summed E-state index contributed by atoms with van der Waals surface area (Å²) >= 11 is 3.18. The molecule has 1 heterocycles. The molecule has 2 aromatic rings. The number of aromatic nitrogens is 1. The minimum absolute atomic E-state index is 0.0405. The molecule has 0 aliphatic heterocycles. The molecule has 2 rings (SSSR count). The van der Waals surface area contributed by atoms with E-state index in [-0.39, 0.29) is 11.9 Å². The highest BCUT2D eigenvalue weighted by Gasteiger charge is 2.16. The Labute approximate surface area is 121 Å². The van der Waals surface area contributed by atoms with Crippen molar-refractivity contribution < 1.29 is 4.39 Å². The first kappa shape index (κ1) is 14.2. The second-order valence-electron chi connectivity index (χ2n) is 4.40. The van der Waals surface area contributed by atoms with Gasteiger partial charge in [-0.05, 0) is 64.3 Å². The molecule has 0 aliphatic rings. The Morgan fingerprint density at radius 2 is 2.16 bits per heavy atom. The molecule has 1 atom stereocenters. The molecule has 1 N–H and O–H groups in total. The quantitative estimate of drug-likeness (QED) is 0.920. The van der Waals surface area contributed by atoms with E-state index in [1.807, 2.05) is 32.2 Å². The van der Waals surface area contributed by atoms with Gasteiger partial charge < -0.3 is 5.32 Å². The van der Waals surface area contributed by atoms with Crippen molar-refractivity contribution >= 4 is 15.9 Å². The number of rotatable bonds is 4. The van der Waals surface area contributed by atoms with Crippen LogP contribution in [0.2, 0.25) is 0 Å². The lowest BCUT2D eigenvalue weighted by atomic mass is 9.96. The average molecular weight is 323 g/mol. The smallest absolute Gasteiger partial charge is 0.137 e. The van der Waals surface area contributed by atoms with Crippen molar-refractivity contribution in [2.24, 2.45) is 0 Å². The number of hydrogen-bond acceptors (Lipinski definition) is 2. The van der Waals surface area contributed by atoms with Crippen molar-refractivity contribution in [2.45, 2.75) is 19.9 Å². The molecule has 0 radical (unpaired) electrons. The van der Waals surface area contributed by atoms with E-state index in [1.54, 1.807) is 18.3 Å². The van der Waals surface area contributed by atoms with Gasteiger partial charge in [0.2, 0.25) is 0 Å². The highest BCUT2D eigenvalue weighted by molar-refractivity contribution is 9.10. The molecular weight excluding hydrogens is 307 g/mol. The number of aryl methyl sites for hydroxylation is 1. The summed E-state index contributed by atoms with van der Waals surface area (Å²) in [6.07, 6.45) is 3.60. The van der Waals surface area contributed by atoms with Crippen LogP contribution in [0, 0.1) is 12.7 Å². The Hall–Kier alpha value is -1.26. The number of pyridine rings is 1. The maximum absolute atomic E-state index is 13.7. The number of benzene rings is 1. The van der Waals surface area contributed by atoms with Gasteiger partial charge in [0.15, 0.2) is 0 Å². The average Bonchev–Trinajstić information content (AvgIpc) is 2.40. The number of halogens is 2. The second kappa shape index (κ2) is 6.26. The van der Waals surface area contributed by atoms with Crippen molar-refractivity contribution in [2.75, 3.05) is 6.54 Å². The fourth-order valence-corrected chi connectivity index (χ4v) is 2.33.